The highest BCUT2D eigenvalue weighted by Gasteiger charge is 2.11. The Morgan fingerprint density at radius 3 is 1.80 bits per heavy atom. The number of ketones is 2. The van der Waals surface area contributed by atoms with Gasteiger partial charge in [-0.15, -0.1) is 0 Å². The zero-order chi connectivity index (χ0) is 20.9. The quantitative estimate of drug-likeness (QED) is 0.441. The summed E-state index contributed by atoms with van der Waals surface area (Å²) in [6, 6.07) is 22.1. The Bertz CT molecular complexity index is 1160. The van der Waals surface area contributed by atoms with Gasteiger partial charge in [0.2, 0.25) is 0 Å². The summed E-state index contributed by atoms with van der Waals surface area (Å²) < 4.78 is 0. The van der Waals surface area contributed by atoms with E-state index >= 15 is 0 Å². The van der Waals surface area contributed by atoms with Gasteiger partial charge in [-0.05, 0) is 36.8 Å². The number of benzene rings is 2. The van der Waals surface area contributed by atoms with E-state index in [9.17, 15) is 9.59 Å². The molecule has 4 rings (SSSR count). The van der Waals surface area contributed by atoms with E-state index in [2.05, 4.69) is 9.97 Å². The number of hydrogen-bond donors (Lipinski definition) is 0. The molecule has 2 aromatic heterocycles. The van der Waals surface area contributed by atoms with Crippen LogP contribution in [-0.4, -0.2) is 21.5 Å². The SMILES string of the molecule is Cc1ccc(C(=O)c2ccc(Cc3ccc(C(=O)c4ccncc4)cc3)nc2)cc1. The maximum atomic E-state index is 12.6. The Kier molecular flexibility index (Phi) is 5.57. The summed E-state index contributed by atoms with van der Waals surface area (Å²) in [5.74, 6) is -0.0610. The van der Waals surface area contributed by atoms with Crippen LogP contribution in [0.15, 0.2) is 91.4 Å². The van der Waals surface area contributed by atoms with Crippen LogP contribution in [0.5, 0.6) is 0 Å². The van der Waals surface area contributed by atoms with Crippen molar-refractivity contribution in [2.75, 3.05) is 0 Å². The number of pyridine rings is 2. The molecule has 2 aromatic carbocycles. The second-order valence-corrected chi connectivity index (χ2v) is 7.17. The average molecular weight is 392 g/mol. The lowest BCUT2D eigenvalue weighted by atomic mass is 10.0. The van der Waals surface area contributed by atoms with Crippen molar-refractivity contribution in [3.8, 4) is 0 Å². The second kappa shape index (κ2) is 8.62. The largest absolute Gasteiger partial charge is 0.289 e. The minimum absolute atomic E-state index is 0.0268. The van der Waals surface area contributed by atoms with Crippen LogP contribution >= 0.6 is 0 Å². The molecule has 4 aromatic rings. The van der Waals surface area contributed by atoms with E-state index in [0.717, 1.165) is 16.8 Å². The fraction of sp³-hybridized carbons (Fsp3) is 0.0769. The van der Waals surface area contributed by atoms with Crippen molar-refractivity contribution in [3.63, 3.8) is 0 Å². The van der Waals surface area contributed by atoms with E-state index in [1.807, 2.05) is 67.6 Å². The molecule has 0 saturated heterocycles. The Labute approximate surface area is 175 Å². The monoisotopic (exact) mass is 392 g/mol. The van der Waals surface area contributed by atoms with Crippen molar-refractivity contribution >= 4 is 11.6 Å². The standard InChI is InChI=1S/C26H20N2O2/c1-18-2-6-20(7-3-18)26(30)23-10-11-24(28-17-23)16-19-4-8-21(9-5-19)25(29)22-12-14-27-15-13-22/h2-15,17H,16H2,1H3. The van der Waals surface area contributed by atoms with Gasteiger partial charge in [0.05, 0.1) is 0 Å². The normalized spacial score (nSPS) is 10.6. The highest BCUT2D eigenvalue weighted by atomic mass is 16.1. The van der Waals surface area contributed by atoms with Gasteiger partial charge in [0, 0.05) is 53.0 Å². The molecule has 4 heteroatoms. The minimum Gasteiger partial charge on any atom is -0.289 e. The molecule has 2 heterocycles. The van der Waals surface area contributed by atoms with E-state index in [4.69, 9.17) is 0 Å². The molecular formula is C26H20N2O2. The molecule has 0 unspecified atom stereocenters. The topological polar surface area (TPSA) is 59.9 Å². The summed E-state index contributed by atoms with van der Waals surface area (Å²) in [5.41, 5.74) is 5.51. The number of rotatable bonds is 6. The van der Waals surface area contributed by atoms with Gasteiger partial charge in [0.25, 0.3) is 0 Å². The van der Waals surface area contributed by atoms with Crippen molar-refractivity contribution in [2.45, 2.75) is 13.3 Å². The van der Waals surface area contributed by atoms with Crippen LogP contribution in [-0.2, 0) is 6.42 Å². The molecule has 0 aliphatic heterocycles. The zero-order valence-electron chi connectivity index (χ0n) is 16.6. The van der Waals surface area contributed by atoms with Gasteiger partial charge in [-0.25, -0.2) is 0 Å². The molecule has 0 bridgehead atoms. The highest BCUT2D eigenvalue weighted by Crippen LogP contribution is 2.15. The van der Waals surface area contributed by atoms with Crippen LogP contribution in [0.25, 0.3) is 0 Å². The van der Waals surface area contributed by atoms with Crippen molar-refractivity contribution in [1.82, 2.24) is 9.97 Å². The van der Waals surface area contributed by atoms with Crippen molar-refractivity contribution < 1.29 is 9.59 Å². The molecule has 0 N–H and O–H groups in total. The van der Waals surface area contributed by atoms with E-state index in [1.54, 1.807) is 30.7 Å². The lowest BCUT2D eigenvalue weighted by Gasteiger charge is -2.06. The van der Waals surface area contributed by atoms with E-state index < -0.39 is 0 Å². The number of aryl methyl sites for hydroxylation is 1. The first kappa shape index (κ1) is 19.4. The molecule has 4 nitrogen and oxygen atoms in total. The first-order valence-corrected chi connectivity index (χ1v) is 9.70. The number of aromatic nitrogens is 2. The van der Waals surface area contributed by atoms with Crippen molar-refractivity contribution in [3.05, 3.63) is 130 Å². The molecule has 0 radical (unpaired) electrons. The Hall–Kier alpha value is -3.92. The Balaban J connectivity index is 1.44. The van der Waals surface area contributed by atoms with Gasteiger partial charge in [0.15, 0.2) is 11.6 Å². The number of hydrogen-bond acceptors (Lipinski definition) is 4. The van der Waals surface area contributed by atoms with Crippen molar-refractivity contribution in [1.29, 1.82) is 0 Å². The van der Waals surface area contributed by atoms with Gasteiger partial charge in [-0.3, -0.25) is 19.6 Å². The summed E-state index contributed by atoms with van der Waals surface area (Å²) in [6.07, 6.45) is 5.47. The van der Waals surface area contributed by atoms with E-state index in [0.29, 0.717) is 28.7 Å². The third-order valence-electron chi connectivity index (χ3n) is 4.94. The minimum atomic E-state index is -0.0342. The third kappa shape index (κ3) is 4.39. The predicted molar refractivity (Wildman–Crippen MR) is 116 cm³/mol. The van der Waals surface area contributed by atoms with Gasteiger partial charge < -0.3 is 0 Å². The average Bonchev–Trinajstić information content (AvgIpc) is 2.80. The molecule has 0 fully saturated rings. The van der Waals surface area contributed by atoms with Crippen LogP contribution in [0.3, 0.4) is 0 Å². The zero-order valence-corrected chi connectivity index (χ0v) is 16.6. The van der Waals surface area contributed by atoms with Crippen molar-refractivity contribution in [2.24, 2.45) is 0 Å². The summed E-state index contributed by atoms with van der Waals surface area (Å²) in [4.78, 5) is 33.4. The van der Waals surface area contributed by atoms with Crippen LogP contribution in [0.4, 0.5) is 0 Å². The first-order valence-electron chi connectivity index (χ1n) is 9.70. The smallest absolute Gasteiger partial charge is 0.194 e. The molecule has 30 heavy (non-hydrogen) atoms. The van der Waals surface area contributed by atoms with Gasteiger partial charge in [-0.2, -0.15) is 0 Å². The lowest BCUT2D eigenvalue weighted by Crippen LogP contribution is -2.03. The third-order valence-corrected chi connectivity index (χ3v) is 4.94. The van der Waals surface area contributed by atoms with E-state index in [-0.39, 0.29) is 11.6 Å². The lowest BCUT2D eigenvalue weighted by molar-refractivity contribution is 0.103. The van der Waals surface area contributed by atoms with Crippen LogP contribution < -0.4 is 0 Å². The molecule has 0 aliphatic carbocycles. The van der Waals surface area contributed by atoms with Gasteiger partial charge in [-0.1, -0.05) is 54.1 Å². The van der Waals surface area contributed by atoms with Gasteiger partial charge >= 0.3 is 0 Å². The first-order chi connectivity index (χ1) is 14.6. The summed E-state index contributed by atoms with van der Waals surface area (Å²) in [5, 5.41) is 0. The predicted octanol–water partition coefficient (Wildman–Crippen LogP) is 4.84. The van der Waals surface area contributed by atoms with Crippen LogP contribution in [0, 0.1) is 6.92 Å². The molecule has 0 aliphatic rings. The number of carbonyl (C=O) groups excluding carboxylic acids is 2. The summed E-state index contributed by atoms with van der Waals surface area (Å²) in [6.45, 7) is 1.99. The molecule has 0 atom stereocenters. The maximum Gasteiger partial charge on any atom is 0.194 e. The fourth-order valence-corrected chi connectivity index (χ4v) is 3.19. The highest BCUT2D eigenvalue weighted by molar-refractivity contribution is 6.09. The summed E-state index contributed by atoms with van der Waals surface area (Å²) >= 11 is 0. The maximum absolute atomic E-state index is 12.6. The molecule has 146 valence electrons. The number of carbonyl (C=O) groups is 2. The molecule has 0 amide bonds. The molecule has 0 saturated carbocycles. The Morgan fingerprint density at radius 1 is 0.667 bits per heavy atom. The second-order valence-electron chi connectivity index (χ2n) is 7.17. The Morgan fingerprint density at radius 2 is 1.20 bits per heavy atom. The van der Waals surface area contributed by atoms with E-state index in [1.165, 1.54) is 0 Å². The van der Waals surface area contributed by atoms with Gasteiger partial charge in [0.1, 0.15) is 0 Å². The van der Waals surface area contributed by atoms with Crippen LogP contribution in [0.1, 0.15) is 48.7 Å². The fourth-order valence-electron chi connectivity index (χ4n) is 3.19. The van der Waals surface area contributed by atoms with Crippen LogP contribution in [0.2, 0.25) is 0 Å². The number of nitrogens with zero attached hydrogens (tertiary/aromatic N) is 2. The summed E-state index contributed by atoms with van der Waals surface area (Å²) in [7, 11) is 0. The molecular weight excluding hydrogens is 372 g/mol. The molecule has 0 spiro atoms.